The molecule has 2 bridgehead atoms. The quantitative estimate of drug-likeness (QED) is 0.325. The highest BCUT2D eigenvalue weighted by molar-refractivity contribution is 5.89. The number of nitrogens with zero attached hydrogens (tertiary/aromatic N) is 4. The van der Waals surface area contributed by atoms with E-state index in [4.69, 9.17) is 9.97 Å². The van der Waals surface area contributed by atoms with Crippen LogP contribution in [-0.4, -0.2) is 21.6 Å². The van der Waals surface area contributed by atoms with Gasteiger partial charge in [0, 0.05) is 18.2 Å². The van der Waals surface area contributed by atoms with Crippen molar-refractivity contribution in [3.05, 3.63) is 40.6 Å². The van der Waals surface area contributed by atoms with E-state index in [1.165, 1.54) is 33.5 Å². The van der Waals surface area contributed by atoms with Crippen molar-refractivity contribution in [1.82, 2.24) is 14.5 Å². The Bertz CT molecular complexity index is 1450. The van der Waals surface area contributed by atoms with Crippen molar-refractivity contribution in [1.29, 1.82) is 0 Å². The third kappa shape index (κ3) is 3.04. The van der Waals surface area contributed by atoms with Gasteiger partial charge in [-0.15, -0.1) is 0 Å². The predicted octanol–water partition coefficient (Wildman–Crippen LogP) is 9.04. The van der Waals surface area contributed by atoms with Crippen LogP contribution in [0, 0.1) is 5.41 Å². The van der Waals surface area contributed by atoms with Crippen molar-refractivity contribution in [3.63, 3.8) is 0 Å². The van der Waals surface area contributed by atoms with E-state index in [9.17, 15) is 0 Å². The Hall–Kier alpha value is -2.36. The van der Waals surface area contributed by atoms with Gasteiger partial charge in [-0.25, -0.2) is 9.97 Å². The maximum atomic E-state index is 5.43. The van der Waals surface area contributed by atoms with E-state index in [2.05, 4.69) is 111 Å². The molecule has 38 heavy (non-hydrogen) atoms. The normalized spacial score (nSPS) is 24.3. The summed E-state index contributed by atoms with van der Waals surface area (Å²) in [5.41, 5.74) is 9.26. The Balaban J connectivity index is 0.00000144. The van der Waals surface area contributed by atoms with E-state index in [1.807, 2.05) is 13.8 Å². The second-order valence-corrected chi connectivity index (χ2v) is 14.6. The van der Waals surface area contributed by atoms with Gasteiger partial charge in [0.05, 0.1) is 16.6 Å². The molecule has 1 aliphatic heterocycles. The van der Waals surface area contributed by atoms with Crippen molar-refractivity contribution >= 4 is 16.9 Å². The van der Waals surface area contributed by atoms with Gasteiger partial charge in [0.1, 0.15) is 17.3 Å². The lowest BCUT2D eigenvalue weighted by Gasteiger charge is -2.46. The van der Waals surface area contributed by atoms with Crippen molar-refractivity contribution in [3.8, 4) is 11.4 Å². The molecule has 1 atom stereocenters. The molecule has 2 aromatic heterocycles. The Morgan fingerprint density at radius 1 is 0.842 bits per heavy atom. The molecule has 4 nitrogen and oxygen atoms in total. The highest BCUT2D eigenvalue weighted by Crippen LogP contribution is 2.62. The molecule has 6 rings (SSSR count). The summed E-state index contributed by atoms with van der Waals surface area (Å²) in [7, 11) is 2.22. The second-order valence-electron chi connectivity index (χ2n) is 14.6. The molecule has 0 fully saturated rings. The van der Waals surface area contributed by atoms with Gasteiger partial charge in [0.2, 0.25) is 0 Å². The Labute approximate surface area is 231 Å². The molecule has 0 saturated carbocycles. The number of fused-ring (bicyclic) bond motifs is 9. The maximum absolute atomic E-state index is 5.43. The first-order valence-corrected chi connectivity index (χ1v) is 14.9. The molecule has 0 spiro atoms. The molecule has 1 aromatic carbocycles. The molecule has 1 unspecified atom stereocenters. The van der Waals surface area contributed by atoms with E-state index in [1.54, 1.807) is 0 Å². The summed E-state index contributed by atoms with van der Waals surface area (Å²) in [6, 6.07) is 7.28. The van der Waals surface area contributed by atoms with E-state index in [-0.39, 0.29) is 27.3 Å². The summed E-state index contributed by atoms with van der Waals surface area (Å²) < 4.78 is 2.50. The summed E-state index contributed by atoms with van der Waals surface area (Å²) >= 11 is 0. The van der Waals surface area contributed by atoms with E-state index >= 15 is 0 Å². The Morgan fingerprint density at radius 3 is 2.00 bits per heavy atom. The van der Waals surface area contributed by atoms with Gasteiger partial charge in [0.15, 0.2) is 0 Å². The second kappa shape index (κ2) is 7.86. The van der Waals surface area contributed by atoms with Crippen LogP contribution in [0.2, 0.25) is 0 Å². The number of imidazole rings is 1. The first kappa shape index (κ1) is 27.2. The lowest BCUT2D eigenvalue weighted by atomic mass is 9.59. The lowest BCUT2D eigenvalue weighted by Crippen LogP contribution is -2.48. The van der Waals surface area contributed by atoms with Crippen LogP contribution in [0.3, 0.4) is 0 Å². The van der Waals surface area contributed by atoms with Crippen LogP contribution >= 0.6 is 0 Å². The van der Waals surface area contributed by atoms with Crippen LogP contribution in [0.1, 0.15) is 131 Å². The zero-order chi connectivity index (χ0) is 28.4. The molecule has 0 amide bonds. The molecule has 3 aromatic rings. The largest absolute Gasteiger partial charge is 0.336 e. The summed E-state index contributed by atoms with van der Waals surface area (Å²) in [6.45, 7) is 30.2. The minimum Gasteiger partial charge on any atom is -0.336 e. The number of rotatable bonds is 1. The molecule has 0 N–H and O–H groups in total. The third-order valence-corrected chi connectivity index (χ3v) is 11.6. The number of pyridine rings is 1. The van der Waals surface area contributed by atoms with Crippen molar-refractivity contribution in [2.24, 2.45) is 5.41 Å². The fourth-order valence-corrected chi connectivity index (χ4v) is 7.63. The highest BCUT2D eigenvalue weighted by Gasteiger charge is 2.57. The fraction of sp³-hybridized carbons (Fsp3) is 0.647. The van der Waals surface area contributed by atoms with Crippen LogP contribution in [-0.2, 0) is 21.9 Å². The Kier molecular flexibility index (Phi) is 5.63. The van der Waals surface area contributed by atoms with Gasteiger partial charge in [-0.05, 0) is 83.7 Å². The maximum Gasteiger partial charge on any atom is 0.147 e. The molecule has 0 saturated heterocycles. The van der Waals surface area contributed by atoms with Crippen LogP contribution < -0.4 is 4.90 Å². The van der Waals surface area contributed by atoms with Crippen LogP contribution in [0.5, 0.6) is 0 Å². The van der Waals surface area contributed by atoms with Gasteiger partial charge in [-0.2, -0.15) is 0 Å². The number of aromatic nitrogens is 3. The Morgan fingerprint density at radius 2 is 1.42 bits per heavy atom. The molecule has 206 valence electrons. The highest BCUT2D eigenvalue weighted by atomic mass is 15.4. The smallest absolute Gasteiger partial charge is 0.147 e. The first-order valence-electron chi connectivity index (χ1n) is 14.9. The minimum atomic E-state index is -0.285. The van der Waals surface area contributed by atoms with E-state index < -0.39 is 0 Å². The fourth-order valence-electron chi connectivity index (χ4n) is 7.63. The number of hydrogen-bond acceptors (Lipinski definition) is 3. The van der Waals surface area contributed by atoms with Gasteiger partial charge in [0.25, 0.3) is 0 Å². The number of benzene rings is 1. The lowest BCUT2D eigenvalue weighted by molar-refractivity contribution is 0.125. The summed E-state index contributed by atoms with van der Waals surface area (Å²) in [5.74, 6) is 2.71. The van der Waals surface area contributed by atoms with Crippen LogP contribution in [0.4, 0.5) is 5.82 Å². The van der Waals surface area contributed by atoms with Crippen molar-refractivity contribution in [2.75, 3.05) is 11.9 Å². The average Bonchev–Trinajstić information content (AvgIpc) is 3.28. The summed E-state index contributed by atoms with van der Waals surface area (Å²) in [6.07, 6.45) is 2.28. The SMILES string of the molecule is CC.CCC1CC(C)(C)c2cc1c1c(n2)N(C)C(C)(C)n2c-1nc1cc3c(cc12)C(C)(C)C(C)(C)C3(C)C. The summed E-state index contributed by atoms with van der Waals surface area (Å²) in [4.78, 5) is 13.1. The van der Waals surface area contributed by atoms with E-state index in [0.29, 0.717) is 5.92 Å². The number of anilines is 1. The molecule has 4 heteroatoms. The zero-order valence-corrected chi connectivity index (χ0v) is 26.5. The molecule has 3 aliphatic rings. The van der Waals surface area contributed by atoms with Crippen LogP contribution in [0.15, 0.2) is 18.2 Å². The molecule has 3 heterocycles. The molecular formula is C34H50N4. The number of hydrogen-bond donors (Lipinski definition) is 0. The average molecular weight is 515 g/mol. The van der Waals surface area contributed by atoms with Gasteiger partial charge >= 0.3 is 0 Å². The topological polar surface area (TPSA) is 34.0 Å². The van der Waals surface area contributed by atoms with Crippen molar-refractivity contribution < 1.29 is 0 Å². The third-order valence-electron chi connectivity index (χ3n) is 11.6. The predicted molar refractivity (Wildman–Crippen MR) is 163 cm³/mol. The minimum absolute atomic E-state index is 0.0642. The zero-order valence-electron chi connectivity index (χ0n) is 26.5. The molecule has 2 aliphatic carbocycles. The van der Waals surface area contributed by atoms with Crippen LogP contribution in [0.25, 0.3) is 22.4 Å². The standard InChI is InChI=1S/C32H44N4.C2H6/c1-13-18-17-28(2,3)24-14-19(18)25-26(34-24)35(12)32(10,11)36-23-16-21-20(15-22(23)33-27(25)36)29(4,5)31(8,9)30(21,6)7;1-2/h14-16,18H,13,17H2,1-12H3;1-2H3. The molecular weight excluding hydrogens is 464 g/mol. The first-order chi connectivity index (χ1) is 17.5. The van der Waals surface area contributed by atoms with Gasteiger partial charge < -0.3 is 9.47 Å². The van der Waals surface area contributed by atoms with Crippen molar-refractivity contribution in [2.45, 2.75) is 131 Å². The van der Waals surface area contributed by atoms with Gasteiger partial charge in [-0.3, -0.25) is 0 Å². The monoisotopic (exact) mass is 514 g/mol. The van der Waals surface area contributed by atoms with E-state index in [0.717, 1.165) is 30.0 Å². The summed E-state index contributed by atoms with van der Waals surface area (Å²) in [5, 5.41) is 0. The van der Waals surface area contributed by atoms with Gasteiger partial charge in [-0.1, -0.05) is 76.2 Å². The molecule has 0 radical (unpaired) electrons.